The van der Waals surface area contributed by atoms with E-state index in [-0.39, 0.29) is 25.0 Å². The lowest BCUT2D eigenvalue weighted by Crippen LogP contribution is -2.38. The van der Waals surface area contributed by atoms with Crippen molar-refractivity contribution in [2.75, 3.05) is 19.7 Å². The molecule has 0 saturated carbocycles. The van der Waals surface area contributed by atoms with Gasteiger partial charge in [0.1, 0.15) is 6.61 Å². The molecule has 0 bridgehead atoms. The minimum absolute atomic E-state index is 0.0343. The van der Waals surface area contributed by atoms with Gasteiger partial charge in [-0.15, -0.1) is 0 Å². The van der Waals surface area contributed by atoms with Crippen LogP contribution in [0.4, 0.5) is 4.79 Å². The van der Waals surface area contributed by atoms with E-state index in [2.05, 4.69) is 12.2 Å². The monoisotopic (exact) mass is 356 g/mol. The second kappa shape index (κ2) is 12.6. The zero-order valence-corrected chi connectivity index (χ0v) is 15.3. The van der Waals surface area contributed by atoms with E-state index in [1.54, 1.807) is 0 Å². The maximum Gasteiger partial charge on any atom is 0.407 e. The van der Waals surface area contributed by atoms with Gasteiger partial charge in [0.05, 0.1) is 6.04 Å². The zero-order valence-electron chi connectivity index (χ0n) is 15.3. The summed E-state index contributed by atoms with van der Waals surface area (Å²) in [7, 11) is 0. The van der Waals surface area contributed by atoms with E-state index in [0.717, 1.165) is 44.9 Å². The first-order chi connectivity index (χ1) is 12.0. The van der Waals surface area contributed by atoms with E-state index in [4.69, 9.17) is 9.84 Å². The predicted octanol–water partition coefficient (Wildman–Crippen LogP) is 2.93. The van der Waals surface area contributed by atoms with Crippen molar-refractivity contribution >= 4 is 18.0 Å². The summed E-state index contributed by atoms with van der Waals surface area (Å²) in [5.74, 6) is -0.651. The number of carboxylic acid groups (broad SMARTS) is 1. The lowest BCUT2D eigenvalue weighted by atomic mass is 10.1. The Morgan fingerprint density at radius 2 is 1.96 bits per heavy atom. The molecule has 7 nitrogen and oxygen atoms in total. The molecule has 0 aromatic heterocycles. The predicted molar refractivity (Wildman–Crippen MR) is 94.3 cm³/mol. The molecule has 0 aromatic rings. The summed E-state index contributed by atoms with van der Waals surface area (Å²) < 4.78 is 5.25. The molecule has 0 spiro atoms. The van der Waals surface area contributed by atoms with Crippen LogP contribution in [0.15, 0.2) is 0 Å². The lowest BCUT2D eigenvalue weighted by Gasteiger charge is -2.24. The fraction of sp³-hybridized carbons (Fsp3) is 0.833. The van der Waals surface area contributed by atoms with Crippen molar-refractivity contribution in [3.63, 3.8) is 0 Å². The average Bonchev–Trinajstić information content (AvgIpc) is 2.93. The number of unbranched alkanes of at least 4 members (excludes halogenated alkanes) is 5. The molecule has 25 heavy (non-hydrogen) atoms. The number of alkyl carbamates (subject to hydrolysis) is 1. The van der Waals surface area contributed by atoms with Crippen molar-refractivity contribution in [1.29, 1.82) is 0 Å². The van der Waals surface area contributed by atoms with Crippen LogP contribution in [-0.2, 0) is 14.3 Å². The molecule has 1 unspecified atom stereocenters. The van der Waals surface area contributed by atoms with E-state index in [0.29, 0.717) is 25.9 Å². The van der Waals surface area contributed by atoms with Crippen LogP contribution in [0.2, 0.25) is 0 Å². The van der Waals surface area contributed by atoms with Crippen LogP contribution >= 0.6 is 0 Å². The molecule has 1 aliphatic heterocycles. The third-order valence-corrected chi connectivity index (χ3v) is 4.45. The van der Waals surface area contributed by atoms with Crippen LogP contribution in [0.3, 0.4) is 0 Å². The van der Waals surface area contributed by atoms with Gasteiger partial charge in [0.25, 0.3) is 0 Å². The van der Waals surface area contributed by atoms with E-state index in [9.17, 15) is 14.4 Å². The van der Waals surface area contributed by atoms with Gasteiger partial charge in [-0.1, -0.05) is 32.6 Å². The highest BCUT2D eigenvalue weighted by Crippen LogP contribution is 2.20. The summed E-state index contributed by atoms with van der Waals surface area (Å²) in [4.78, 5) is 35.9. The Morgan fingerprint density at radius 1 is 1.20 bits per heavy atom. The van der Waals surface area contributed by atoms with Crippen molar-refractivity contribution < 1.29 is 24.2 Å². The molecule has 1 aliphatic rings. The highest BCUT2D eigenvalue weighted by molar-refractivity contribution is 5.78. The molecule has 0 aromatic carbocycles. The van der Waals surface area contributed by atoms with Gasteiger partial charge in [0.2, 0.25) is 5.91 Å². The summed E-state index contributed by atoms with van der Waals surface area (Å²) in [6.45, 7) is 3.62. The van der Waals surface area contributed by atoms with E-state index >= 15 is 0 Å². The Hall–Kier alpha value is -1.79. The Labute approximate surface area is 150 Å². The molecular weight excluding hydrogens is 324 g/mol. The van der Waals surface area contributed by atoms with Crippen LogP contribution < -0.4 is 5.32 Å². The van der Waals surface area contributed by atoms with E-state index in [1.165, 1.54) is 0 Å². The highest BCUT2D eigenvalue weighted by atomic mass is 16.5. The molecule has 144 valence electrons. The quantitative estimate of drug-likeness (QED) is 0.495. The molecule has 2 amide bonds. The Balaban J connectivity index is 2.18. The number of nitrogens with zero attached hydrogens (tertiary/aromatic N) is 1. The van der Waals surface area contributed by atoms with Crippen molar-refractivity contribution in [1.82, 2.24) is 10.2 Å². The first-order valence-electron chi connectivity index (χ1n) is 9.46. The third kappa shape index (κ3) is 9.31. The second-order valence-corrected chi connectivity index (χ2v) is 6.57. The van der Waals surface area contributed by atoms with Gasteiger partial charge in [-0.2, -0.15) is 0 Å². The SMILES string of the molecule is CCCCCNC(=O)OCC1CCC(=O)N1CCCCCCC(=O)O. The number of aliphatic carboxylic acids is 1. The Bertz CT molecular complexity index is 428. The third-order valence-electron chi connectivity index (χ3n) is 4.45. The number of ether oxygens (including phenoxy) is 1. The number of amides is 2. The molecule has 1 atom stereocenters. The maximum absolute atomic E-state index is 12.0. The number of likely N-dealkylation sites (tertiary alicyclic amines) is 1. The van der Waals surface area contributed by atoms with Crippen molar-refractivity contribution in [2.24, 2.45) is 0 Å². The van der Waals surface area contributed by atoms with Crippen molar-refractivity contribution in [3.8, 4) is 0 Å². The van der Waals surface area contributed by atoms with E-state index in [1.807, 2.05) is 4.90 Å². The minimum Gasteiger partial charge on any atom is -0.481 e. The molecule has 2 N–H and O–H groups in total. The van der Waals surface area contributed by atoms with Crippen LogP contribution in [0.5, 0.6) is 0 Å². The molecule has 1 heterocycles. The number of hydrogen-bond acceptors (Lipinski definition) is 4. The van der Waals surface area contributed by atoms with Gasteiger partial charge in [-0.25, -0.2) is 4.79 Å². The standard InChI is InChI=1S/C18H32N2O5/c1-2-3-7-12-19-18(24)25-14-15-10-11-16(21)20(15)13-8-5-4-6-9-17(22)23/h15H,2-14H2,1H3,(H,19,24)(H,22,23). The second-order valence-electron chi connectivity index (χ2n) is 6.57. The van der Waals surface area contributed by atoms with Crippen molar-refractivity contribution in [3.05, 3.63) is 0 Å². The van der Waals surface area contributed by atoms with Gasteiger partial charge in [0, 0.05) is 25.9 Å². The number of rotatable bonds is 13. The highest BCUT2D eigenvalue weighted by Gasteiger charge is 2.31. The van der Waals surface area contributed by atoms with Gasteiger partial charge in [-0.05, 0) is 25.7 Å². The smallest absolute Gasteiger partial charge is 0.407 e. The first kappa shape index (κ1) is 21.3. The largest absolute Gasteiger partial charge is 0.481 e. The maximum atomic E-state index is 12.0. The normalized spacial score (nSPS) is 16.9. The van der Waals surface area contributed by atoms with Gasteiger partial charge < -0.3 is 20.1 Å². The summed E-state index contributed by atoms with van der Waals surface area (Å²) >= 11 is 0. The fourth-order valence-corrected chi connectivity index (χ4v) is 2.97. The molecule has 1 fully saturated rings. The Kier molecular flexibility index (Phi) is 10.7. The van der Waals surface area contributed by atoms with Crippen molar-refractivity contribution in [2.45, 2.75) is 77.2 Å². The topological polar surface area (TPSA) is 95.9 Å². The van der Waals surface area contributed by atoms with Crippen LogP contribution in [0.25, 0.3) is 0 Å². The number of nitrogens with one attached hydrogen (secondary N) is 1. The number of carbonyl (C=O) groups excluding carboxylic acids is 2. The van der Waals surface area contributed by atoms with Crippen LogP contribution in [0, 0.1) is 0 Å². The summed E-state index contributed by atoms with van der Waals surface area (Å²) in [6, 6.07) is -0.0343. The number of carboxylic acids is 1. The lowest BCUT2D eigenvalue weighted by molar-refractivity contribution is -0.137. The number of hydrogen-bond donors (Lipinski definition) is 2. The van der Waals surface area contributed by atoms with Crippen LogP contribution in [-0.4, -0.2) is 53.7 Å². The molecule has 1 rings (SSSR count). The summed E-state index contributed by atoms with van der Waals surface area (Å²) in [5.41, 5.74) is 0. The molecule has 0 radical (unpaired) electrons. The zero-order chi connectivity index (χ0) is 18.5. The molecule has 0 aliphatic carbocycles. The average molecular weight is 356 g/mol. The van der Waals surface area contributed by atoms with Gasteiger partial charge >= 0.3 is 12.1 Å². The molecule has 1 saturated heterocycles. The van der Waals surface area contributed by atoms with Gasteiger partial charge in [0.15, 0.2) is 0 Å². The fourth-order valence-electron chi connectivity index (χ4n) is 2.97. The Morgan fingerprint density at radius 3 is 2.68 bits per heavy atom. The molecule has 7 heteroatoms. The number of carbonyl (C=O) groups is 3. The first-order valence-corrected chi connectivity index (χ1v) is 9.46. The summed E-state index contributed by atoms with van der Waals surface area (Å²) in [6.07, 6.45) is 7.44. The molecular formula is C18H32N2O5. The van der Waals surface area contributed by atoms with Crippen LogP contribution in [0.1, 0.15) is 71.1 Å². The van der Waals surface area contributed by atoms with E-state index < -0.39 is 12.1 Å². The van der Waals surface area contributed by atoms with Gasteiger partial charge in [-0.3, -0.25) is 9.59 Å². The summed E-state index contributed by atoms with van der Waals surface area (Å²) in [5, 5.41) is 11.3. The minimum atomic E-state index is -0.764.